The summed E-state index contributed by atoms with van der Waals surface area (Å²) in [6.07, 6.45) is 5.71. The van der Waals surface area contributed by atoms with Crippen LogP contribution in [0.3, 0.4) is 0 Å². The quantitative estimate of drug-likeness (QED) is 0.653. The van der Waals surface area contributed by atoms with Gasteiger partial charge in [-0.15, -0.1) is 11.8 Å². The molecule has 2 aliphatic heterocycles. The van der Waals surface area contributed by atoms with Crippen LogP contribution in [-0.2, 0) is 0 Å². The van der Waals surface area contributed by atoms with Gasteiger partial charge in [0.1, 0.15) is 17.4 Å². The summed E-state index contributed by atoms with van der Waals surface area (Å²) in [6.45, 7) is 4.29. The van der Waals surface area contributed by atoms with E-state index in [1.165, 1.54) is 0 Å². The van der Waals surface area contributed by atoms with Crippen molar-refractivity contribution in [2.75, 3.05) is 6.26 Å². The van der Waals surface area contributed by atoms with E-state index in [1.807, 2.05) is 12.6 Å². The summed E-state index contributed by atoms with van der Waals surface area (Å²) >= 11 is 1.65. The van der Waals surface area contributed by atoms with Crippen molar-refractivity contribution in [1.82, 2.24) is 4.90 Å². The molecule has 4 nitrogen and oxygen atoms in total. The Kier molecular flexibility index (Phi) is 2.58. The van der Waals surface area contributed by atoms with Crippen LogP contribution in [0.2, 0.25) is 0 Å². The van der Waals surface area contributed by atoms with Gasteiger partial charge < -0.3 is 4.90 Å². The average Bonchev–Trinajstić information content (AvgIpc) is 2.60. The Morgan fingerprint density at radius 2 is 2.21 bits per heavy atom. The summed E-state index contributed by atoms with van der Waals surface area (Å²) in [4.78, 5) is 15.2. The van der Waals surface area contributed by atoms with Crippen molar-refractivity contribution in [3.05, 3.63) is 0 Å². The highest BCUT2D eigenvalue weighted by Crippen LogP contribution is 2.24. The number of hydrogen-bond donors (Lipinski definition) is 0. The molecule has 0 N–H and O–H groups in total. The van der Waals surface area contributed by atoms with Crippen LogP contribution in [0.5, 0.6) is 0 Å². The largest absolute Gasteiger partial charge is 0.336 e. The summed E-state index contributed by atoms with van der Waals surface area (Å²) in [7, 11) is 0. The molecule has 0 radical (unpaired) electrons. The fourth-order valence-electron chi connectivity index (χ4n) is 1.65. The Balaban J connectivity index is 2.21. The third-order valence-corrected chi connectivity index (χ3v) is 3.18. The number of hydrogen-bond acceptors (Lipinski definition) is 5. The van der Waals surface area contributed by atoms with E-state index < -0.39 is 0 Å². The van der Waals surface area contributed by atoms with E-state index in [9.17, 15) is 0 Å². The number of fused-ring (bicyclic) bond motifs is 1. The summed E-state index contributed by atoms with van der Waals surface area (Å²) in [5, 5.41) is 1.06. The molecule has 14 heavy (non-hydrogen) atoms. The molecule has 2 heterocycles. The lowest BCUT2D eigenvalue weighted by molar-refractivity contribution is 0.290. The normalized spacial score (nSPS) is 29.7. The first-order chi connectivity index (χ1) is 6.74. The summed E-state index contributed by atoms with van der Waals surface area (Å²) in [5.74, 6) is 0. The van der Waals surface area contributed by atoms with Gasteiger partial charge in [0.2, 0.25) is 0 Å². The molecule has 2 aliphatic rings. The van der Waals surface area contributed by atoms with Gasteiger partial charge in [-0.2, -0.15) is 0 Å². The molecule has 0 aromatic rings. The van der Waals surface area contributed by atoms with E-state index in [0.717, 1.165) is 5.04 Å². The summed E-state index contributed by atoms with van der Waals surface area (Å²) in [6, 6.07) is 0.560. The van der Waals surface area contributed by atoms with E-state index >= 15 is 0 Å². The molecular weight excluding hydrogens is 196 g/mol. The van der Waals surface area contributed by atoms with E-state index in [-0.39, 0.29) is 12.2 Å². The van der Waals surface area contributed by atoms with Gasteiger partial charge >= 0.3 is 0 Å². The predicted octanol–water partition coefficient (Wildman–Crippen LogP) is 1.24. The Bertz CT molecular complexity index is 308. The van der Waals surface area contributed by atoms with Crippen LogP contribution in [0.25, 0.3) is 0 Å². The molecule has 0 saturated carbocycles. The highest BCUT2D eigenvalue weighted by Gasteiger charge is 2.36. The number of nitrogens with zero attached hydrogens (tertiary/aromatic N) is 4. The molecule has 0 aliphatic carbocycles. The molecule has 0 amide bonds. The fourth-order valence-corrected chi connectivity index (χ4v) is 2.23. The molecule has 2 rings (SSSR count). The first kappa shape index (κ1) is 9.71. The maximum absolute atomic E-state index is 4.45. The molecule has 2 atom stereocenters. The lowest BCUT2D eigenvalue weighted by Gasteiger charge is -2.29. The second-order valence-corrected chi connectivity index (χ2v) is 4.43. The highest BCUT2D eigenvalue weighted by molar-refractivity contribution is 8.13. The highest BCUT2D eigenvalue weighted by atomic mass is 32.2. The first-order valence-corrected chi connectivity index (χ1v) is 5.90. The maximum atomic E-state index is 4.45. The van der Waals surface area contributed by atoms with Crippen LogP contribution >= 0.6 is 11.8 Å². The van der Waals surface area contributed by atoms with Crippen molar-refractivity contribution in [2.24, 2.45) is 15.0 Å². The van der Waals surface area contributed by atoms with Crippen LogP contribution in [0.4, 0.5) is 0 Å². The zero-order chi connectivity index (χ0) is 10.1. The predicted molar refractivity (Wildman–Crippen MR) is 62.5 cm³/mol. The molecule has 0 saturated heterocycles. The van der Waals surface area contributed by atoms with Crippen molar-refractivity contribution < 1.29 is 0 Å². The average molecular weight is 210 g/mol. The Labute approximate surface area is 88.2 Å². The van der Waals surface area contributed by atoms with Gasteiger partial charge in [-0.3, -0.25) is 4.99 Å². The molecule has 0 spiro atoms. The van der Waals surface area contributed by atoms with Gasteiger partial charge in [0.15, 0.2) is 6.17 Å². The van der Waals surface area contributed by atoms with Gasteiger partial charge in [-0.1, -0.05) is 0 Å². The van der Waals surface area contributed by atoms with Gasteiger partial charge in [-0.05, 0) is 20.1 Å². The standard InChI is InChI=1S/C9H14N4S/c1-6(2)13-5-12-7-8(13)10-4-11-9(7)14-3/h4-8H,1-3H3. The summed E-state index contributed by atoms with van der Waals surface area (Å²) < 4.78 is 0. The minimum Gasteiger partial charge on any atom is -0.336 e. The molecule has 0 fully saturated rings. The third kappa shape index (κ3) is 1.45. The van der Waals surface area contributed by atoms with Crippen molar-refractivity contribution in [3.63, 3.8) is 0 Å². The second-order valence-electron chi connectivity index (χ2n) is 3.60. The van der Waals surface area contributed by atoms with E-state index in [2.05, 4.69) is 33.7 Å². The van der Waals surface area contributed by atoms with Crippen molar-refractivity contribution >= 4 is 29.5 Å². The van der Waals surface area contributed by atoms with Crippen molar-refractivity contribution in [2.45, 2.75) is 32.1 Å². The smallest absolute Gasteiger partial charge is 0.152 e. The molecule has 5 heteroatoms. The fraction of sp³-hybridized carbons (Fsp3) is 0.667. The van der Waals surface area contributed by atoms with E-state index in [0.29, 0.717) is 6.04 Å². The van der Waals surface area contributed by atoms with Crippen LogP contribution < -0.4 is 0 Å². The first-order valence-electron chi connectivity index (χ1n) is 4.68. The zero-order valence-corrected chi connectivity index (χ0v) is 9.40. The molecule has 0 bridgehead atoms. The number of thioether (sulfide) groups is 1. The third-order valence-electron chi connectivity index (χ3n) is 2.41. The monoisotopic (exact) mass is 210 g/mol. The SMILES string of the molecule is CSC1=NC=NC2C1N=CN2C(C)C. The lowest BCUT2D eigenvalue weighted by atomic mass is 10.2. The second kappa shape index (κ2) is 3.73. The van der Waals surface area contributed by atoms with Gasteiger partial charge in [0.05, 0.1) is 6.34 Å². The van der Waals surface area contributed by atoms with Crippen LogP contribution in [0.15, 0.2) is 15.0 Å². The summed E-state index contributed by atoms with van der Waals surface area (Å²) in [5.41, 5.74) is 0. The van der Waals surface area contributed by atoms with Crippen LogP contribution in [0.1, 0.15) is 13.8 Å². The molecule has 2 unspecified atom stereocenters. The number of aliphatic imine (C=N–C) groups is 3. The topological polar surface area (TPSA) is 40.3 Å². The molecule has 0 aromatic carbocycles. The Hall–Kier alpha value is -0.840. The molecule has 76 valence electrons. The number of rotatable bonds is 1. The van der Waals surface area contributed by atoms with Gasteiger partial charge in [0, 0.05) is 6.04 Å². The maximum Gasteiger partial charge on any atom is 0.152 e. The van der Waals surface area contributed by atoms with E-state index in [1.54, 1.807) is 18.1 Å². The van der Waals surface area contributed by atoms with Crippen LogP contribution in [-0.4, -0.2) is 47.1 Å². The van der Waals surface area contributed by atoms with E-state index in [4.69, 9.17) is 0 Å². The Morgan fingerprint density at radius 1 is 1.43 bits per heavy atom. The zero-order valence-electron chi connectivity index (χ0n) is 8.58. The van der Waals surface area contributed by atoms with Gasteiger partial charge in [0.25, 0.3) is 0 Å². The lowest BCUT2D eigenvalue weighted by Crippen LogP contribution is -2.43. The molecule has 0 aromatic heterocycles. The van der Waals surface area contributed by atoms with Crippen molar-refractivity contribution in [3.8, 4) is 0 Å². The Morgan fingerprint density at radius 3 is 2.86 bits per heavy atom. The van der Waals surface area contributed by atoms with Crippen LogP contribution in [0, 0.1) is 0 Å². The minimum atomic E-state index is 0.123. The van der Waals surface area contributed by atoms with Gasteiger partial charge in [-0.25, -0.2) is 9.98 Å². The van der Waals surface area contributed by atoms with Crippen molar-refractivity contribution in [1.29, 1.82) is 0 Å². The minimum absolute atomic E-state index is 0.123. The molecular formula is C9H14N4S.